The summed E-state index contributed by atoms with van der Waals surface area (Å²) in [4.78, 5) is 11.3. The van der Waals surface area contributed by atoms with Crippen LogP contribution in [0.5, 0.6) is 0 Å². The van der Waals surface area contributed by atoms with E-state index in [1.807, 2.05) is 0 Å². The van der Waals surface area contributed by atoms with Crippen molar-refractivity contribution in [2.45, 2.75) is 25.5 Å². The highest BCUT2D eigenvalue weighted by Crippen LogP contribution is 2.26. The van der Waals surface area contributed by atoms with Crippen LogP contribution >= 0.6 is 15.9 Å². The number of nitrogens with zero attached hydrogens (tertiary/aromatic N) is 2. The maximum absolute atomic E-state index is 11.3. The van der Waals surface area contributed by atoms with E-state index in [1.165, 1.54) is 7.11 Å². The molecule has 2 rings (SSSR count). The quantitative estimate of drug-likeness (QED) is 0.783. The minimum atomic E-state index is -0.435. The van der Waals surface area contributed by atoms with E-state index < -0.39 is 5.97 Å². The molecule has 1 unspecified atom stereocenters. The topological polar surface area (TPSA) is 53.4 Å². The van der Waals surface area contributed by atoms with Crippen LogP contribution in [-0.2, 0) is 9.47 Å². The third-order valence-corrected chi connectivity index (χ3v) is 3.11. The van der Waals surface area contributed by atoms with Gasteiger partial charge in [0.2, 0.25) is 0 Å². The number of halogens is 1. The first-order valence-corrected chi connectivity index (χ1v) is 5.96. The smallest absolute Gasteiger partial charge is 0.358 e. The molecule has 0 saturated carbocycles. The lowest BCUT2D eigenvalue weighted by atomic mass is 10.2. The molecule has 1 atom stereocenters. The molecule has 0 aliphatic carbocycles. The van der Waals surface area contributed by atoms with Crippen LogP contribution in [0.4, 0.5) is 0 Å². The predicted molar refractivity (Wildman–Crippen MR) is 60.1 cm³/mol. The summed E-state index contributed by atoms with van der Waals surface area (Å²) in [5.41, 5.74) is 0.295. The van der Waals surface area contributed by atoms with Crippen molar-refractivity contribution >= 4 is 21.9 Å². The number of carbonyl (C=O) groups is 1. The van der Waals surface area contributed by atoms with E-state index in [0.717, 1.165) is 30.5 Å². The average Bonchev–Trinajstić information content (AvgIpc) is 2.71. The van der Waals surface area contributed by atoms with E-state index in [4.69, 9.17) is 4.74 Å². The fourth-order valence-corrected chi connectivity index (χ4v) is 2.22. The van der Waals surface area contributed by atoms with Gasteiger partial charge >= 0.3 is 5.97 Å². The van der Waals surface area contributed by atoms with E-state index in [1.54, 1.807) is 10.7 Å². The molecule has 5 nitrogen and oxygen atoms in total. The minimum absolute atomic E-state index is 0.0819. The number of hydrogen-bond donors (Lipinski definition) is 0. The fraction of sp³-hybridized carbons (Fsp3) is 0.600. The lowest BCUT2D eigenvalue weighted by Gasteiger charge is -2.23. The van der Waals surface area contributed by atoms with Gasteiger partial charge in [-0.1, -0.05) is 0 Å². The van der Waals surface area contributed by atoms with Crippen LogP contribution in [0.2, 0.25) is 0 Å². The summed E-state index contributed by atoms with van der Waals surface area (Å²) in [7, 11) is 1.34. The minimum Gasteiger partial charge on any atom is -0.464 e. The van der Waals surface area contributed by atoms with Crippen molar-refractivity contribution < 1.29 is 14.3 Å². The predicted octanol–water partition coefficient (Wildman–Crippen LogP) is 2.13. The number of hydrogen-bond acceptors (Lipinski definition) is 4. The Morgan fingerprint density at radius 1 is 1.69 bits per heavy atom. The number of ether oxygens (including phenoxy) is 2. The Labute approximate surface area is 102 Å². The largest absolute Gasteiger partial charge is 0.464 e. The van der Waals surface area contributed by atoms with Gasteiger partial charge in [-0.05, 0) is 35.2 Å². The van der Waals surface area contributed by atoms with Gasteiger partial charge < -0.3 is 9.47 Å². The molecule has 1 aliphatic rings. The molecule has 1 aromatic rings. The van der Waals surface area contributed by atoms with Crippen molar-refractivity contribution in [3.05, 3.63) is 16.4 Å². The molecule has 0 N–H and O–H groups in total. The van der Waals surface area contributed by atoms with Gasteiger partial charge in [-0.3, -0.25) is 0 Å². The maximum atomic E-state index is 11.3. The Morgan fingerprint density at radius 2 is 2.50 bits per heavy atom. The number of rotatable bonds is 2. The van der Waals surface area contributed by atoms with Gasteiger partial charge in [0.1, 0.15) is 4.60 Å². The summed E-state index contributed by atoms with van der Waals surface area (Å²) in [6.07, 6.45) is 3.03. The number of esters is 1. The second-order valence-corrected chi connectivity index (χ2v) is 4.42. The van der Waals surface area contributed by atoms with Gasteiger partial charge in [0.25, 0.3) is 0 Å². The molecule has 6 heteroatoms. The molecule has 88 valence electrons. The molecule has 1 saturated heterocycles. The van der Waals surface area contributed by atoms with Crippen LogP contribution in [-0.4, -0.2) is 29.5 Å². The molecule has 0 amide bonds. The third kappa shape index (κ3) is 2.27. The van der Waals surface area contributed by atoms with Crippen molar-refractivity contribution in [1.82, 2.24) is 9.78 Å². The fourth-order valence-electron chi connectivity index (χ4n) is 1.69. The molecule has 1 aromatic heterocycles. The Bertz CT molecular complexity index is 385. The van der Waals surface area contributed by atoms with Crippen LogP contribution in [0.1, 0.15) is 36.0 Å². The number of carbonyl (C=O) groups excluding carboxylic acids is 1. The van der Waals surface area contributed by atoms with E-state index in [0.29, 0.717) is 5.69 Å². The lowest BCUT2D eigenvalue weighted by molar-refractivity contribution is -0.0410. The van der Waals surface area contributed by atoms with Crippen molar-refractivity contribution in [3.8, 4) is 0 Å². The molecule has 0 aromatic carbocycles. The average molecular weight is 289 g/mol. The Hall–Kier alpha value is -0.880. The summed E-state index contributed by atoms with van der Waals surface area (Å²) in [5.74, 6) is -0.435. The Balaban J connectivity index is 2.20. The summed E-state index contributed by atoms with van der Waals surface area (Å²) in [5, 5.41) is 4.17. The normalized spacial score (nSPS) is 20.8. The molecular formula is C10H13BrN2O3. The van der Waals surface area contributed by atoms with Gasteiger partial charge in [0.15, 0.2) is 11.9 Å². The van der Waals surface area contributed by atoms with E-state index in [2.05, 4.69) is 25.8 Å². The van der Waals surface area contributed by atoms with E-state index >= 15 is 0 Å². The standard InChI is InChI=1S/C10H13BrN2O3/c1-15-10(14)7-6-8(11)13(12-7)9-4-2-3-5-16-9/h6,9H,2-5H2,1H3. The van der Waals surface area contributed by atoms with Crippen LogP contribution < -0.4 is 0 Å². The molecule has 16 heavy (non-hydrogen) atoms. The SMILES string of the molecule is COC(=O)c1cc(Br)n(C2CCCCO2)n1. The van der Waals surface area contributed by atoms with Crippen LogP contribution in [0.25, 0.3) is 0 Å². The highest BCUT2D eigenvalue weighted by molar-refractivity contribution is 9.10. The number of methoxy groups -OCH3 is 1. The second kappa shape index (κ2) is 4.97. The summed E-state index contributed by atoms with van der Waals surface area (Å²) < 4.78 is 12.6. The zero-order valence-corrected chi connectivity index (χ0v) is 10.6. The molecular weight excluding hydrogens is 276 g/mol. The highest BCUT2D eigenvalue weighted by Gasteiger charge is 2.21. The van der Waals surface area contributed by atoms with Crippen LogP contribution in [0.3, 0.4) is 0 Å². The zero-order chi connectivity index (χ0) is 11.5. The first-order chi connectivity index (χ1) is 7.72. The van der Waals surface area contributed by atoms with Gasteiger partial charge in [-0.15, -0.1) is 0 Å². The van der Waals surface area contributed by atoms with E-state index in [9.17, 15) is 4.79 Å². The number of aromatic nitrogens is 2. The van der Waals surface area contributed by atoms with Gasteiger partial charge in [0.05, 0.1) is 7.11 Å². The molecule has 1 aliphatic heterocycles. The van der Waals surface area contributed by atoms with Crippen molar-refractivity contribution in [2.75, 3.05) is 13.7 Å². The zero-order valence-electron chi connectivity index (χ0n) is 8.98. The van der Waals surface area contributed by atoms with Crippen molar-refractivity contribution in [1.29, 1.82) is 0 Å². The summed E-state index contributed by atoms with van der Waals surface area (Å²) in [6, 6.07) is 1.64. The van der Waals surface area contributed by atoms with Crippen LogP contribution in [0, 0.1) is 0 Å². The first-order valence-electron chi connectivity index (χ1n) is 5.17. The van der Waals surface area contributed by atoms with E-state index in [-0.39, 0.29) is 6.23 Å². The Kier molecular flexibility index (Phi) is 3.60. The van der Waals surface area contributed by atoms with Crippen LogP contribution in [0.15, 0.2) is 10.7 Å². The van der Waals surface area contributed by atoms with Gasteiger partial charge in [-0.25, -0.2) is 9.48 Å². The summed E-state index contributed by atoms with van der Waals surface area (Å²) >= 11 is 3.36. The monoisotopic (exact) mass is 288 g/mol. The Morgan fingerprint density at radius 3 is 3.12 bits per heavy atom. The molecule has 0 bridgehead atoms. The van der Waals surface area contributed by atoms with Crippen molar-refractivity contribution in [3.63, 3.8) is 0 Å². The molecule has 2 heterocycles. The first kappa shape index (κ1) is 11.6. The molecule has 0 radical (unpaired) electrons. The van der Waals surface area contributed by atoms with Crippen molar-refractivity contribution in [2.24, 2.45) is 0 Å². The van der Waals surface area contributed by atoms with Gasteiger partial charge in [-0.2, -0.15) is 5.10 Å². The lowest BCUT2D eigenvalue weighted by Crippen LogP contribution is -2.19. The summed E-state index contributed by atoms with van der Waals surface area (Å²) in [6.45, 7) is 0.741. The third-order valence-electron chi connectivity index (χ3n) is 2.51. The van der Waals surface area contributed by atoms with Gasteiger partial charge in [0, 0.05) is 12.7 Å². The highest BCUT2D eigenvalue weighted by atomic mass is 79.9. The molecule has 1 fully saturated rings. The maximum Gasteiger partial charge on any atom is 0.358 e. The molecule has 0 spiro atoms. The second-order valence-electron chi connectivity index (χ2n) is 3.61.